The van der Waals surface area contributed by atoms with Gasteiger partial charge < -0.3 is 15.5 Å². The molecule has 0 bridgehead atoms. The molecule has 0 radical (unpaired) electrons. The molecule has 0 spiro atoms. The van der Waals surface area contributed by atoms with E-state index in [2.05, 4.69) is 10.6 Å². The molecule has 27 heavy (non-hydrogen) atoms. The SMILES string of the molecule is Cc1ccc(Cl)cc1NC(=O)C(C)Nc1ccc(N2CCCC2=O)c(C)c1. The number of hydrogen-bond donors (Lipinski definition) is 2. The number of benzene rings is 2. The monoisotopic (exact) mass is 385 g/mol. The number of anilines is 3. The normalized spacial score (nSPS) is 15.0. The van der Waals surface area contributed by atoms with Gasteiger partial charge in [-0.25, -0.2) is 0 Å². The molecular weight excluding hydrogens is 362 g/mol. The Morgan fingerprint density at radius 1 is 1.15 bits per heavy atom. The number of aryl methyl sites for hydroxylation is 2. The molecule has 0 aliphatic carbocycles. The molecule has 1 fully saturated rings. The lowest BCUT2D eigenvalue weighted by molar-refractivity contribution is -0.117. The molecule has 1 saturated heterocycles. The third kappa shape index (κ3) is 4.42. The summed E-state index contributed by atoms with van der Waals surface area (Å²) in [5.41, 5.74) is 4.45. The van der Waals surface area contributed by atoms with Gasteiger partial charge in [0, 0.05) is 35.1 Å². The van der Waals surface area contributed by atoms with E-state index in [1.165, 1.54) is 0 Å². The number of amides is 2. The van der Waals surface area contributed by atoms with Gasteiger partial charge >= 0.3 is 0 Å². The van der Waals surface area contributed by atoms with Gasteiger partial charge in [0.1, 0.15) is 6.04 Å². The molecule has 6 heteroatoms. The van der Waals surface area contributed by atoms with E-state index in [1.54, 1.807) is 12.1 Å². The van der Waals surface area contributed by atoms with Crippen molar-refractivity contribution in [2.75, 3.05) is 22.1 Å². The summed E-state index contributed by atoms with van der Waals surface area (Å²) in [7, 11) is 0. The highest BCUT2D eigenvalue weighted by molar-refractivity contribution is 6.31. The Morgan fingerprint density at radius 3 is 2.59 bits per heavy atom. The third-order valence-electron chi connectivity index (χ3n) is 4.79. The molecular formula is C21H24ClN3O2. The molecule has 0 aromatic heterocycles. The van der Waals surface area contributed by atoms with E-state index < -0.39 is 6.04 Å². The van der Waals surface area contributed by atoms with Crippen LogP contribution in [0.5, 0.6) is 0 Å². The summed E-state index contributed by atoms with van der Waals surface area (Å²) in [6, 6.07) is 10.8. The number of carbonyl (C=O) groups excluding carboxylic acids is 2. The van der Waals surface area contributed by atoms with Crippen molar-refractivity contribution in [2.24, 2.45) is 0 Å². The predicted octanol–water partition coefficient (Wildman–Crippen LogP) is 4.52. The van der Waals surface area contributed by atoms with Crippen molar-refractivity contribution in [3.8, 4) is 0 Å². The lowest BCUT2D eigenvalue weighted by atomic mass is 10.1. The Balaban J connectivity index is 1.67. The topological polar surface area (TPSA) is 61.4 Å². The van der Waals surface area contributed by atoms with Crippen LogP contribution in [0.2, 0.25) is 5.02 Å². The van der Waals surface area contributed by atoms with Gasteiger partial charge in [-0.3, -0.25) is 9.59 Å². The zero-order valence-corrected chi connectivity index (χ0v) is 16.6. The number of rotatable bonds is 5. The van der Waals surface area contributed by atoms with Crippen LogP contribution in [0.4, 0.5) is 17.1 Å². The minimum Gasteiger partial charge on any atom is -0.374 e. The molecule has 3 rings (SSSR count). The van der Waals surface area contributed by atoms with Gasteiger partial charge in [-0.2, -0.15) is 0 Å². The molecule has 1 heterocycles. The average Bonchev–Trinajstić information content (AvgIpc) is 3.04. The van der Waals surface area contributed by atoms with Crippen LogP contribution in [0, 0.1) is 13.8 Å². The summed E-state index contributed by atoms with van der Waals surface area (Å²) in [4.78, 5) is 26.3. The van der Waals surface area contributed by atoms with Crippen LogP contribution in [-0.4, -0.2) is 24.4 Å². The summed E-state index contributed by atoms with van der Waals surface area (Å²) in [5, 5.41) is 6.71. The van der Waals surface area contributed by atoms with Crippen molar-refractivity contribution in [1.82, 2.24) is 0 Å². The van der Waals surface area contributed by atoms with Crippen molar-refractivity contribution in [3.05, 3.63) is 52.5 Å². The standard InChI is InChI=1S/C21H24ClN3O2/c1-13-6-7-16(22)12-18(13)24-21(27)15(3)23-17-8-9-19(14(2)11-17)25-10-4-5-20(25)26/h6-9,11-12,15,23H,4-5,10H2,1-3H3,(H,24,27). The Morgan fingerprint density at radius 2 is 1.93 bits per heavy atom. The maximum absolute atomic E-state index is 12.5. The van der Waals surface area contributed by atoms with Gasteiger partial charge in [0.05, 0.1) is 0 Å². The molecule has 1 aliphatic rings. The first-order valence-corrected chi connectivity index (χ1v) is 9.47. The van der Waals surface area contributed by atoms with Crippen LogP contribution in [0.25, 0.3) is 0 Å². The van der Waals surface area contributed by atoms with E-state index in [9.17, 15) is 9.59 Å². The van der Waals surface area contributed by atoms with Crippen LogP contribution in [0.3, 0.4) is 0 Å². The highest BCUT2D eigenvalue weighted by Gasteiger charge is 2.23. The van der Waals surface area contributed by atoms with Crippen molar-refractivity contribution in [2.45, 2.75) is 39.7 Å². The van der Waals surface area contributed by atoms with Crippen LogP contribution in [0.1, 0.15) is 30.9 Å². The second kappa shape index (κ2) is 8.01. The Hall–Kier alpha value is -2.53. The van der Waals surface area contributed by atoms with E-state index in [0.717, 1.165) is 35.5 Å². The van der Waals surface area contributed by atoms with Crippen molar-refractivity contribution < 1.29 is 9.59 Å². The molecule has 2 aromatic carbocycles. The third-order valence-corrected chi connectivity index (χ3v) is 5.03. The van der Waals surface area contributed by atoms with Gasteiger partial charge in [0.15, 0.2) is 0 Å². The summed E-state index contributed by atoms with van der Waals surface area (Å²) in [6.07, 6.45) is 1.51. The smallest absolute Gasteiger partial charge is 0.246 e. The van der Waals surface area contributed by atoms with Crippen molar-refractivity contribution in [1.29, 1.82) is 0 Å². The number of halogens is 1. The van der Waals surface area contributed by atoms with E-state index in [0.29, 0.717) is 17.1 Å². The zero-order chi connectivity index (χ0) is 19.6. The number of carbonyl (C=O) groups is 2. The van der Waals surface area contributed by atoms with Gasteiger partial charge in [0.2, 0.25) is 11.8 Å². The Kier molecular flexibility index (Phi) is 5.71. The molecule has 0 saturated carbocycles. The van der Waals surface area contributed by atoms with Gasteiger partial charge in [0.25, 0.3) is 0 Å². The first-order chi connectivity index (χ1) is 12.8. The summed E-state index contributed by atoms with van der Waals surface area (Å²) in [5.74, 6) is 0.0280. The first kappa shape index (κ1) is 19.2. The Labute approximate surface area is 164 Å². The Bertz CT molecular complexity index is 882. The first-order valence-electron chi connectivity index (χ1n) is 9.09. The molecule has 1 unspecified atom stereocenters. The molecule has 2 N–H and O–H groups in total. The van der Waals surface area contributed by atoms with Crippen molar-refractivity contribution >= 4 is 40.5 Å². The molecule has 2 aromatic rings. The summed E-state index contributed by atoms with van der Waals surface area (Å²) in [6.45, 7) is 6.48. The molecule has 142 valence electrons. The maximum atomic E-state index is 12.5. The quantitative estimate of drug-likeness (QED) is 0.795. The number of hydrogen-bond acceptors (Lipinski definition) is 3. The second-order valence-electron chi connectivity index (χ2n) is 6.96. The second-order valence-corrected chi connectivity index (χ2v) is 7.40. The van der Waals surface area contributed by atoms with E-state index in [1.807, 2.05) is 49.9 Å². The van der Waals surface area contributed by atoms with Gasteiger partial charge in [-0.05, 0) is 68.7 Å². The van der Waals surface area contributed by atoms with Gasteiger partial charge in [-0.1, -0.05) is 17.7 Å². The number of nitrogens with zero attached hydrogens (tertiary/aromatic N) is 1. The molecule has 1 aliphatic heterocycles. The van der Waals surface area contributed by atoms with E-state index in [4.69, 9.17) is 11.6 Å². The minimum absolute atomic E-state index is 0.142. The predicted molar refractivity (Wildman–Crippen MR) is 111 cm³/mol. The average molecular weight is 386 g/mol. The fourth-order valence-electron chi connectivity index (χ4n) is 3.24. The molecule has 5 nitrogen and oxygen atoms in total. The van der Waals surface area contributed by atoms with Crippen LogP contribution < -0.4 is 15.5 Å². The van der Waals surface area contributed by atoms with Crippen LogP contribution in [0.15, 0.2) is 36.4 Å². The fourth-order valence-corrected chi connectivity index (χ4v) is 3.41. The van der Waals surface area contributed by atoms with E-state index >= 15 is 0 Å². The highest BCUT2D eigenvalue weighted by atomic mass is 35.5. The summed E-state index contributed by atoms with van der Waals surface area (Å²) < 4.78 is 0. The fraction of sp³-hybridized carbons (Fsp3) is 0.333. The molecule has 1 atom stereocenters. The highest BCUT2D eigenvalue weighted by Crippen LogP contribution is 2.28. The van der Waals surface area contributed by atoms with Crippen molar-refractivity contribution in [3.63, 3.8) is 0 Å². The number of nitrogens with one attached hydrogen (secondary N) is 2. The van der Waals surface area contributed by atoms with Crippen LogP contribution in [-0.2, 0) is 9.59 Å². The largest absolute Gasteiger partial charge is 0.374 e. The lowest BCUT2D eigenvalue weighted by Crippen LogP contribution is -2.32. The minimum atomic E-state index is -0.429. The van der Waals surface area contributed by atoms with E-state index in [-0.39, 0.29) is 11.8 Å². The van der Waals surface area contributed by atoms with Gasteiger partial charge in [-0.15, -0.1) is 0 Å². The summed E-state index contributed by atoms with van der Waals surface area (Å²) >= 11 is 6.01. The zero-order valence-electron chi connectivity index (χ0n) is 15.8. The molecule has 2 amide bonds. The van der Waals surface area contributed by atoms with Crippen LogP contribution >= 0.6 is 11.6 Å². The lowest BCUT2D eigenvalue weighted by Gasteiger charge is -2.21. The maximum Gasteiger partial charge on any atom is 0.246 e.